The van der Waals surface area contributed by atoms with Crippen LogP contribution >= 0.6 is 23.1 Å². The van der Waals surface area contributed by atoms with E-state index in [0.717, 1.165) is 15.0 Å². The summed E-state index contributed by atoms with van der Waals surface area (Å²) in [6, 6.07) is 10.5. The number of aromatic nitrogens is 2. The molecule has 128 valence electrons. The molecule has 0 spiro atoms. The first-order chi connectivity index (χ1) is 11.7. The zero-order valence-corrected chi connectivity index (χ0v) is 15.6. The van der Waals surface area contributed by atoms with E-state index in [0.29, 0.717) is 19.1 Å². The van der Waals surface area contributed by atoms with Gasteiger partial charge in [0.1, 0.15) is 5.25 Å². The first-order valence-electron chi connectivity index (χ1n) is 8.31. The molecule has 5 nitrogen and oxygen atoms in total. The van der Waals surface area contributed by atoms with Gasteiger partial charge in [0.2, 0.25) is 11.0 Å². The molecule has 1 heterocycles. The van der Waals surface area contributed by atoms with Crippen LogP contribution in [0.1, 0.15) is 37.5 Å². The van der Waals surface area contributed by atoms with Crippen molar-refractivity contribution in [3.63, 3.8) is 0 Å². The number of thioether (sulfide) groups is 1. The molecular weight excluding hydrogens is 340 g/mol. The van der Waals surface area contributed by atoms with Crippen LogP contribution in [0.5, 0.6) is 0 Å². The van der Waals surface area contributed by atoms with Crippen molar-refractivity contribution in [3.8, 4) is 0 Å². The molecule has 1 N–H and O–H groups in total. The summed E-state index contributed by atoms with van der Waals surface area (Å²) >= 11 is 3.02. The normalized spacial score (nSPS) is 15.1. The summed E-state index contributed by atoms with van der Waals surface area (Å²) in [6.07, 6.45) is 2.41. The monoisotopic (exact) mass is 362 g/mol. The van der Waals surface area contributed by atoms with Crippen LogP contribution in [0.25, 0.3) is 0 Å². The van der Waals surface area contributed by atoms with E-state index in [1.807, 2.05) is 49.1 Å². The fourth-order valence-electron chi connectivity index (χ4n) is 2.41. The van der Waals surface area contributed by atoms with Gasteiger partial charge in [-0.05, 0) is 32.3 Å². The minimum absolute atomic E-state index is 0.128. The summed E-state index contributed by atoms with van der Waals surface area (Å²) in [6.45, 7) is 5.45. The number of amides is 1. The molecule has 0 saturated heterocycles. The Morgan fingerprint density at radius 3 is 2.62 bits per heavy atom. The van der Waals surface area contributed by atoms with Crippen molar-refractivity contribution in [2.24, 2.45) is 0 Å². The van der Waals surface area contributed by atoms with Crippen LogP contribution in [-0.4, -0.2) is 40.1 Å². The minimum Gasteiger partial charge on any atom is -0.357 e. The van der Waals surface area contributed by atoms with E-state index in [-0.39, 0.29) is 11.2 Å². The predicted octanol–water partition coefficient (Wildman–Crippen LogP) is 3.81. The Bertz CT molecular complexity index is 668. The van der Waals surface area contributed by atoms with Crippen LogP contribution < -0.4 is 5.32 Å². The van der Waals surface area contributed by atoms with E-state index in [1.165, 1.54) is 35.9 Å². The van der Waals surface area contributed by atoms with E-state index in [9.17, 15) is 4.79 Å². The smallest absolute Gasteiger partial charge is 0.240 e. The maximum absolute atomic E-state index is 13.0. The summed E-state index contributed by atoms with van der Waals surface area (Å²) in [5.74, 6) is 0.128. The van der Waals surface area contributed by atoms with E-state index in [2.05, 4.69) is 15.5 Å². The summed E-state index contributed by atoms with van der Waals surface area (Å²) < 4.78 is 0.826. The lowest BCUT2D eigenvalue weighted by atomic mass is 10.1. The highest BCUT2D eigenvalue weighted by atomic mass is 32.2. The molecule has 1 atom stereocenters. The maximum Gasteiger partial charge on any atom is 0.240 e. The molecule has 1 aromatic carbocycles. The van der Waals surface area contributed by atoms with Crippen molar-refractivity contribution in [1.82, 2.24) is 15.1 Å². The number of hydrogen-bond donors (Lipinski definition) is 1. The Labute approximate surface area is 150 Å². The van der Waals surface area contributed by atoms with Crippen molar-refractivity contribution in [3.05, 3.63) is 35.9 Å². The first-order valence-corrected chi connectivity index (χ1v) is 10.0. The Hall–Kier alpha value is -1.60. The van der Waals surface area contributed by atoms with Crippen LogP contribution in [0.15, 0.2) is 34.7 Å². The third-order valence-electron chi connectivity index (χ3n) is 3.93. The zero-order chi connectivity index (χ0) is 16.9. The molecule has 0 unspecified atom stereocenters. The Balaban J connectivity index is 1.78. The van der Waals surface area contributed by atoms with Crippen LogP contribution in [0.4, 0.5) is 5.13 Å². The number of rotatable bonds is 8. The van der Waals surface area contributed by atoms with Crippen molar-refractivity contribution in [1.29, 1.82) is 0 Å². The fourth-order valence-corrected chi connectivity index (χ4v) is 4.51. The quantitative estimate of drug-likeness (QED) is 0.724. The maximum atomic E-state index is 13.0. The number of nitrogens with one attached hydrogen (secondary N) is 1. The first kappa shape index (κ1) is 17.2. The third-order valence-corrected chi connectivity index (χ3v) is 6.11. The lowest BCUT2D eigenvalue weighted by Gasteiger charge is -2.24. The van der Waals surface area contributed by atoms with Gasteiger partial charge >= 0.3 is 0 Å². The lowest BCUT2D eigenvalue weighted by molar-refractivity contribution is -0.130. The molecule has 24 heavy (non-hydrogen) atoms. The van der Waals surface area contributed by atoms with Gasteiger partial charge in [0, 0.05) is 19.1 Å². The number of benzene rings is 1. The SMILES string of the molecule is CCN(CC)C(=O)[C@H](Sc1nnc(NC2CC2)s1)c1ccccc1. The highest BCUT2D eigenvalue weighted by Gasteiger charge is 2.28. The predicted molar refractivity (Wildman–Crippen MR) is 99.5 cm³/mol. The number of nitrogens with zero attached hydrogens (tertiary/aromatic N) is 3. The van der Waals surface area contributed by atoms with Crippen LogP contribution in [0.2, 0.25) is 0 Å². The molecule has 0 bridgehead atoms. The van der Waals surface area contributed by atoms with Gasteiger partial charge in [0.05, 0.1) is 0 Å². The van der Waals surface area contributed by atoms with Gasteiger partial charge in [-0.3, -0.25) is 4.79 Å². The summed E-state index contributed by atoms with van der Waals surface area (Å²) in [5, 5.41) is 12.4. The number of carbonyl (C=O) groups is 1. The van der Waals surface area contributed by atoms with Gasteiger partial charge in [-0.2, -0.15) is 0 Å². The van der Waals surface area contributed by atoms with Crippen molar-refractivity contribution in [2.75, 3.05) is 18.4 Å². The van der Waals surface area contributed by atoms with Crippen LogP contribution in [0, 0.1) is 0 Å². The molecular formula is C17H22N4OS2. The fraction of sp³-hybridized carbons (Fsp3) is 0.471. The molecule has 1 amide bonds. The van der Waals surface area contributed by atoms with E-state index in [4.69, 9.17) is 0 Å². The van der Waals surface area contributed by atoms with Crippen molar-refractivity contribution >= 4 is 34.1 Å². The third kappa shape index (κ3) is 4.27. The largest absolute Gasteiger partial charge is 0.357 e. The second-order valence-electron chi connectivity index (χ2n) is 5.71. The van der Waals surface area contributed by atoms with E-state index < -0.39 is 0 Å². The average molecular weight is 363 g/mol. The lowest BCUT2D eigenvalue weighted by Crippen LogP contribution is -2.33. The summed E-state index contributed by atoms with van der Waals surface area (Å²) in [5.41, 5.74) is 1.01. The van der Waals surface area contributed by atoms with Gasteiger partial charge < -0.3 is 10.2 Å². The molecule has 1 fully saturated rings. The van der Waals surface area contributed by atoms with Crippen LogP contribution in [0.3, 0.4) is 0 Å². The highest BCUT2D eigenvalue weighted by Crippen LogP contribution is 2.39. The second kappa shape index (κ2) is 7.98. The van der Waals surface area contributed by atoms with Crippen molar-refractivity contribution < 1.29 is 4.79 Å². The Morgan fingerprint density at radius 2 is 2.00 bits per heavy atom. The molecule has 1 aliphatic carbocycles. The number of anilines is 1. The molecule has 0 aliphatic heterocycles. The molecule has 1 aliphatic rings. The minimum atomic E-state index is -0.284. The zero-order valence-electron chi connectivity index (χ0n) is 13.9. The summed E-state index contributed by atoms with van der Waals surface area (Å²) in [7, 11) is 0. The van der Waals surface area contributed by atoms with Crippen LogP contribution in [-0.2, 0) is 4.79 Å². The molecule has 1 aromatic heterocycles. The number of likely N-dealkylation sites (N-methyl/N-ethyl adjacent to an activating group) is 1. The standard InChI is InChI=1S/C17H22N4OS2/c1-3-21(4-2)15(22)14(12-8-6-5-7-9-12)23-17-20-19-16(24-17)18-13-10-11-13/h5-9,13-14H,3-4,10-11H2,1-2H3,(H,18,19)/t14-/m1/s1. The second-order valence-corrected chi connectivity index (χ2v) is 8.04. The number of hydrogen-bond acceptors (Lipinski definition) is 6. The van der Waals surface area contributed by atoms with Gasteiger partial charge in [-0.15, -0.1) is 10.2 Å². The van der Waals surface area contributed by atoms with Gasteiger partial charge in [0.25, 0.3) is 0 Å². The van der Waals surface area contributed by atoms with Gasteiger partial charge in [0.15, 0.2) is 4.34 Å². The average Bonchev–Trinajstić information content (AvgIpc) is 3.31. The van der Waals surface area contributed by atoms with E-state index in [1.54, 1.807) is 0 Å². The molecule has 1 saturated carbocycles. The molecule has 3 rings (SSSR count). The number of carbonyl (C=O) groups excluding carboxylic acids is 1. The van der Waals surface area contributed by atoms with Gasteiger partial charge in [-0.25, -0.2) is 0 Å². The van der Waals surface area contributed by atoms with Crippen molar-refractivity contribution in [2.45, 2.75) is 42.3 Å². The van der Waals surface area contributed by atoms with Gasteiger partial charge in [-0.1, -0.05) is 53.4 Å². The molecule has 7 heteroatoms. The summed E-state index contributed by atoms with van der Waals surface area (Å²) in [4.78, 5) is 14.8. The Morgan fingerprint density at radius 1 is 1.29 bits per heavy atom. The molecule has 0 radical (unpaired) electrons. The topological polar surface area (TPSA) is 58.1 Å². The Kier molecular flexibility index (Phi) is 5.73. The van der Waals surface area contributed by atoms with E-state index >= 15 is 0 Å². The highest BCUT2D eigenvalue weighted by molar-refractivity contribution is 8.01. The molecule has 2 aromatic rings.